The van der Waals surface area contributed by atoms with E-state index in [1.54, 1.807) is 12.1 Å². The Balaban J connectivity index is 1.59. The standard InChI is InChI=1S/C22H22F3N5/c1-16-14-29(15-17-5-3-2-4-6-17)11-12-30(16)20-13-19(22(23,24)25)27-21(28-20)18-7-9-26-10-8-18/h2-10,13,16H,11-12,14-15H2,1H3/t16-/m1/s1. The fourth-order valence-corrected chi connectivity index (χ4v) is 3.72. The Morgan fingerprint density at radius 2 is 1.73 bits per heavy atom. The lowest BCUT2D eigenvalue weighted by molar-refractivity contribution is -0.141. The second-order valence-corrected chi connectivity index (χ2v) is 7.43. The van der Waals surface area contributed by atoms with Gasteiger partial charge in [0.2, 0.25) is 0 Å². The number of hydrogen-bond donors (Lipinski definition) is 0. The second-order valence-electron chi connectivity index (χ2n) is 7.43. The number of anilines is 1. The molecular weight excluding hydrogens is 391 g/mol. The molecule has 3 heterocycles. The molecule has 4 rings (SSSR count). The Morgan fingerprint density at radius 3 is 2.40 bits per heavy atom. The number of nitrogens with zero attached hydrogens (tertiary/aromatic N) is 5. The van der Waals surface area contributed by atoms with Gasteiger partial charge in [-0.2, -0.15) is 13.2 Å². The van der Waals surface area contributed by atoms with Gasteiger partial charge in [0, 0.05) is 56.2 Å². The molecule has 0 bridgehead atoms. The van der Waals surface area contributed by atoms with Crippen molar-refractivity contribution in [3.05, 3.63) is 72.2 Å². The van der Waals surface area contributed by atoms with Crippen molar-refractivity contribution in [3.8, 4) is 11.4 Å². The summed E-state index contributed by atoms with van der Waals surface area (Å²) in [5.41, 5.74) is 0.797. The molecule has 1 aliphatic heterocycles. The first-order valence-corrected chi connectivity index (χ1v) is 9.80. The molecule has 1 saturated heterocycles. The minimum absolute atomic E-state index is 0.0173. The third-order valence-corrected chi connectivity index (χ3v) is 5.20. The quantitative estimate of drug-likeness (QED) is 0.639. The van der Waals surface area contributed by atoms with Crippen LogP contribution in [0, 0.1) is 0 Å². The zero-order valence-electron chi connectivity index (χ0n) is 16.5. The van der Waals surface area contributed by atoms with Crippen LogP contribution < -0.4 is 4.90 Å². The van der Waals surface area contributed by atoms with E-state index in [4.69, 9.17) is 0 Å². The zero-order chi connectivity index (χ0) is 21.1. The molecule has 0 radical (unpaired) electrons. The van der Waals surface area contributed by atoms with Crippen molar-refractivity contribution in [2.24, 2.45) is 0 Å². The van der Waals surface area contributed by atoms with Gasteiger partial charge in [0.1, 0.15) is 5.82 Å². The van der Waals surface area contributed by atoms with Gasteiger partial charge in [-0.05, 0) is 24.6 Å². The van der Waals surface area contributed by atoms with Crippen LogP contribution in [-0.2, 0) is 12.7 Å². The minimum atomic E-state index is -4.54. The monoisotopic (exact) mass is 413 g/mol. The third kappa shape index (κ3) is 4.59. The Hall–Kier alpha value is -3.00. The molecule has 8 heteroatoms. The Labute approximate surface area is 173 Å². The summed E-state index contributed by atoms with van der Waals surface area (Å²) in [6.07, 6.45) is -1.51. The zero-order valence-corrected chi connectivity index (χ0v) is 16.5. The molecule has 0 unspecified atom stereocenters. The average molecular weight is 413 g/mol. The molecule has 0 spiro atoms. The van der Waals surface area contributed by atoms with Crippen LogP contribution in [0.25, 0.3) is 11.4 Å². The van der Waals surface area contributed by atoms with E-state index >= 15 is 0 Å². The summed E-state index contributed by atoms with van der Waals surface area (Å²) in [6, 6.07) is 14.5. The number of piperazine rings is 1. The fraction of sp³-hybridized carbons (Fsp3) is 0.318. The van der Waals surface area contributed by atoms with Crippen LogP contribution in [0.1, 0.15) is 18.2 Å². The number of hydrogen-bond acceptors (Lipinski definition) is 5. The molecular formula is C22H22F3N5. The van der Waals surface area contributed by atoms with Gasteiger partial charge in [0.05, 0.1) is 0 Å². The third-order valence-electron chi connectivity index (χ3n) is 5.20. The summed E-state index contributed by atoms with van der Waals surface area (Å²) in [5.74, 6) is 0.358. The summed E-state index contributed by atoms with van der Waals surface area (Å²) in [5, 5.41) is 0. The lowest BCUT2D eigenvalue weighted by atomic mass is 10.1. The van der Waals surface area contributed by atoms with E-state index in [9.17, 15) is 13.2 Å². The molecule has 1 atom stereocenters. The maximum absolute atomic E-state index is 13.5. The summed E-state index contributed by atoms with van der Waals surface area (Å²) < 4.78 is 40.5. The van der Waals surface area contributed by atoms with Crippen molar-refractivity contribution < 1.29 is 13.2 Å². The average Bonchev–Trinajstić information content (AvgIpc) is 2.74. The van der Waals surface area contributed by atoms with E-state index in [1.165, 1.54) is 18.0 Å². The number of aromatic nitrogens is 3. The molecule has 156 valence electrons. The Bertz CT molecular complexity index is 979. The molecule has 1 fully saturated rings. The first-order chi connectivity index (χ1) is 14.4. The van der Waals surface area contributed by atoms with E-state index < -0.39 is 11.9 Å². The lowest BCUT2D eigenvalue weighted by Crippen LogP contribution is -2.52. The van der Waals surface area contributed by atoms with Crippen molar-refractivity contribution in [1.29, 1.82) is 0 Å². The lowest BCUT2D eigenvalue weighted by Gasteiger charge is -2.40. The van der Waals surface area contributed by atoms with Gasteiger partial charge in [-0.15, -0.1) is 0 Å². The van der Waals surface area contributed by atoms with Gasteiger partial charge in [0.15, 0.2) is 11.5 Å². The highest BCUT2D eigenvalue weighted by Gasteiger charge is 2.35. The summed E-state index contributed by atoms with van der Waals surface area (Å²) >= 11 is 0. The minimum Gasteiger partial charge on any atom is -0.351 e. The van der Waals surface area contributed by atoms with Crippen LogP contribution in [0.4, 0.5) is 19.0 Å². The van der Waals surface area contributed by atoms with E-state index in [0.29, 0.717) is 17.9 Å². The van der Waals surface area contributed by atoms with Crippen LogP contribution >= 0.6 is 0 Å². The topological polar surface area (TPSA) is 45.2 Å². The number of pyridine rings is 1. The largest absolute Gasteiger partial charge is 0.433 e. The summed E-state index contributed by atoms with van der Waals surface area (Å²) in [4.78, 5) is 16.4. The number of benzene rings is 1. The number of rotatable bonds is 4. The van der Waals surface area contributed by atoms with E-state index in [1.807, 2.05) is 30.0 Å². The molecule has 0 N–H and O–H groups in total. The molecule has 0 amide bonds. The van der Waals surface area contributed by atoms with Crippen molar-refractivity contribution in [2.45, 2.75) is 25.7 Å². The van der Waals surface area contributed by atoms with Gasteiger partial charge >= 0.3 is 6.18 Å². The molecule has 0 saturated carbocycles. The number of halogens is 3. The Morgan fingerprint density at radius 1 is 1.00 bits per heavy atom. The first-order valence-electron chi connectivity index (χ1n) is 9.80. The number of alkyl halides is 3. The van der Waals surface area contributed by atoms with Crippen molar-refractivity contribution in [3.63, 3.8) is 0 Å². The van der Waals surface area contributed by atoms with Gasteiger partial charge < -0.3 is 4.90 Å². The van der Waals surface area contributed by atoms with E-state index in [0.717, 1.165) is 25.7 Å². The van der Waals surface area contributed by atoms with Crippen molar-refractivity contribution in [2.75, 3.05) is 24.5 Å². The smallest absolute Gasteiger partial charge is 0.351 e. The fourth-order valence-electron chi connectivity index (χ4n) is 3.72. The van der Waals surface area contributed by atoms with Gasteiger partial charge in [-0.25, -0.2) is 9.97 Å². The van der Waals surface area contributed by atoms with Gasteiger partial charge in [-0.1, -0.05) is 30.3 Å². The molecule has 5 nitrogen and oxygen atoms in total. The maximum Gasteiger partial charge on any atom is 0.433 e. The SMILES string of the molecule is C[C@@H]1CN(Cc2ccccc2)CCN1c1cc(C(F)(F)F)nc(-c2ccncc2)n1. The van der Waals surface area contributed by atoms with Crippen LogP contribution in [0.2, 0.25) is 0 Å². The molecule has 0 aliphatic carbocycles. The molecule has 30 heavy (non-hydrogen) atoms. The first kappa shape index (κ1) is 20.3. The highest BCUT2D eigenvalue weighted by molar-refractivity contribution is 5.58. The van der Waals surface area contributed by atoms with Crippen LogP contribution in [0.5, 0.6) is 0 Å². The van der Waals surface area contributed by atoms with Crippen LogP contribution in [0.3, 0.4) is 0 Å². The van der Waals surface area contributed by atoms with Gasteiger partial charge in [0.25, 0.3) is 0 Å². The normalized spacial score (nSPS) is 17.9. The highest BCUT2D eigenvalue weighted by atomic mass is 19.4. The van der Waals surface area contributed by atoms with E-state index in [-0.39, 0.29) is 11.9 Å². The van der Waals surface area contributed by atoms with Crippen molar-refractivity contribution in [1.82, 2.24) is 19.9 Å². The molecule has 3 aromatic rings. The summed E-state index contributed by atoms with van der Waals surface area (Å²) in [7, 11) is 0. The highest BCUT2D eigenvalue weighted by Crippen LogP contribution is 2.32. The Kier molecular flexibility index (Phi) is 5.67. The van der Waals surface area contributed by atoms with Crippen LogP contribution in [-0.4, -0.2) is 45.5 Å². The molecule has 1 aromatic carbocycles. The van der Waals surface area contributed by atoms with Gasteiger partial charge in [-0.3, -0.25) is 9.88 Å². The molecule has 1 aliphatic rings. The van der Waals surface area contributed by atoms with Crippen molar-refractivity contribution >= 4 is 5.82 Å². The predicted octanol–water partition coefficient (Wildman–Crippen LogP) is 4.27. The maximum atomic E-state index is 13.5. The summed E-state index contributed by atoms with van der Waals surface area (Å²) in [6.45, 7) is 4.91. The predicted molar refractivity (Wildman–Crippen MR) is 109 cm³/mol. The van der Waals surface area contributed by atoms with Crippen LogP contribution in [0.15, 0.2) is 60.9 Å². The van der Waals surface area contributed by atoms with E-state index in [2.05, 4.69) is 32.0 Å². The molecule has 2 aromatic heterocycles. The second kappa shape index (κ2) is 8.39.